The summed E-state index contributed by atoms with van der Waals surface area (Å²) in [6.45, 7) is 5.17. The third-order valence-corrected chi connectivity index (χ3v) is 4.47. The minimum atomic E-state index is 0. The molecule has 2 aromatic rings. The zero-order valence-electron chi connectivity index (χ0n) is 16.5. The van der Waals surface area contributed by atoms with E-state index >= 15 is 0 Å². The van der Waals surface area contributed by atoms with Crippen LogP contribution in [0.2, 0.25) is 0 Å². The lowest BCUT2D eigenvalue weighted by atomic mass is 10.2. The molecule has 154 valence electrons. The Morgan fingerprint density at radius 2 is 2.04 bits per heavy atom. The molecule has 1 saturated heterocycles. The van der Waals surface area contributed by atoms with Gasteiger partial charge < -0.3 is 29.5 Å². The topological polar surface area (TPSA) is 84.2 Å². The number of halogens is 1. The van der Waals surface area contributed by atoms with E-state index in [-0.39, 0.29) is 24.0 Å². The van der Waals surface area contributed by atoms with E-state index in [1.807, 2.05) is 24.3 Å². The number of aliphatic imine (C=N–C) groups is 1. The quantitative estimate of drug-likeness (QED) is 0.343. The number of guanidine groups is 1. The smallest absolute Gasteiger partial charge is 0.191 e. The van der Waals surface area contributed by atoms with Crippen molar-refractivity contribution in [3.8, 4) is 11.5 Å². The average molecular weight is 501 g/mol. The van der Waals surface area contributed by atoms with Gasteiger partial charge in [-0.25, -0.2) is 4.99 Å². The highest BCUT2D eigenvalue weighted by atomic mass is 127. The monoisotopic (exact) mass is 501 g/mol. The highest BCUT2D eigenvalue weighted by molar-refractivity contribution is 14.0. The van der Waals surface area contributed by atoms with Crippen LogP contribution < -0.4 is 25.0 Å². The molecule has 1 aliphatic rings. The van der Waals surface area contributed by atoms with Crippen LogP contribution in [0.25, 0.3) is 0 Å². The first kappa shape index (κ1) is 22.1. The predicted molar refractivity (Wildman–Crippen MR) is 120 cm³/mol. The Morgan fingerprint density at radius 1 is 1.29 bits per heavy atom. The van der Waals surface area contributed by atoms with Crippen molar-refractivity contribution in [3.63, 3.8) is 0 Å². The molecule has 8 nitrogen and oxygen atoms in total. The molecule has 0 amide bonds. The van der Waals surface area contributed by atoms with Crippen molar-refractivity contribution in [1.82, 2.24) is 15.8 Å². The zero-order chi connectivity index (χ0) is 19.1. The Bertz CT molecular complexity index is 732. The summed E-state index contributed by atoms with van der Waals surface area (Å²) in [6, 6.07) is 8.08. The number of methoxy groups -OCH3 is 2. The highest BCUT2D eigenvalue weighted by Gasteiger charge is 2.24. The van der Waals surface area contributed by atoms with Crippen molar-refractivity contribution in [2.45, 2.75) is 25.9 Å². The number of benzene rings is 1. The van der Waals surface area contributed by atoms with E-state index in [0.29, 0.717) is 12.6 Å². The Labute approximate surface area is 182 Å². The largest absolute Gasteiger partial charge is 0.497 e. The summed E-state index contributed by atoms with van der Waals surface area (Å²) in [5, 5.41) is 10.7. The van der Waals surface area contributed by atoms with Crippen molar-refractivity contribution in [1.29, 1.82) is 0 Å². The molecule has 1 aromatic heterocycles. The normalized spacial score (nSPS) is 16.5. The van der Waals surface area contributed by atoms with Crippen LogP contribution in [0.5, 0.6) is 11.5 Å². The molecular formula is C19H28IN5O3. The molecule has 1 atom stereocenters. The third-order valence-electron chi connectivity index (χ3n) is 4.47. The molecular weight excluding hydrogens is 473 g/mol. The summed E-state index contributed by atoms with van der Waals surface area (Å²) in [7, 11) is 3.34. The van der Waals surface area contributed by atoms with Crippen LogP contribution in [0, 0.1) is 0 Å². The second-order valence-corrected chi connectivity index (χ2v) is 6.33. The lowest BCUT2D eigenvalue weighted by molar-refractivity contribution is 0.394. The van der Waals surface area contributed by atoms with Crippen molar-refractivity contribution < 1.29 is 14.0 Å². The van der Waals surface area contributed by atoms with Gasteiger partial charge in [-0.2, -0.15) is 0 Å². The molecule has 0 spiro atoms. The SMILES string of the molecule is CCNC(=NCc1ccon1)NC1CCN(c2cc(OC)cc(OC)c2)C1.I. The Kier molecular flexibility index (Phi) is 8.68. The number of nitrogens with one attached hydrogen (secondary N) is 2. The highest BCUT2D eigenvalue weighted by Crippen LogP contribution is 2.30. The van der Waals surface area contributed by atoms with Crippen LogP contribution in [0.4, 0.5) is 5.69 Å². The molecule has 1 aromatic carbocycles. The van der Waals surface area contributed by atoms with E-state index in [0.717, 1.165) is 54.9 Å². The standard InChI is InChI=1S/C19H27N5O3.HI/c1-4-20-19(21-12-14-6-8-27-23-14)22-15-5-7-24(13-15)16-9-17(25-2)11-18(10-16)26-3;/h6,8-11,15H,4-5,7,12-13H2,1-3H3,(H2,20,21,22);1H. The van der Waals surface area contributed by atoms with Crippen molar-refractivity contribution in [2.24, 2.45) is 4.99 Å². The van der Waals surface area contributed by atoms with Gasteiger partial charge in [0.1, 0.15) is 23.5 Å². The summed E-state index contributed by atoms with van der Waals surface area (Å²) in [5.74, 6) is 2.38. The first-order valence-electron chi connectivity index (χ1n) is 9.14. The summed E-state index contributed by atoms with van der Waals surface area (Å²) in [4.78, 5) is 6.91. The Balaban J connectivity index is 0.00000280. The van der Waals surface area contributed by atoms with E-state index < -0.39 is 0 Å². The maximum atomic E-state index is 5.38. The Hall–Kier alpha value is -2.17. The number of anilines is 1. The third kappa shape index (κ3) is 5.91. The molecule has 9 heteroatoms. The summed E-state index contributed by atoms with van der Waals surface area (Å²) >= 11 is 0. The summed E-state index contributed by atoms with van der Waals surface area (Å²) < 4.78 is 15.6. The molecule has 0 radical (unpaired) electrons. The first-order chi connectivity index (χ1) is 13.2. The van der Waals surface area contributed by atoms with E-state index in [1.54, 1.807) is 20.5 Å². The molecule has 0 saturated carbocycles. The van der Waals surface area contributed by atoms with Crippen molar-refractivity contribution >= 4 is 35.6 Å². The number of rotatable bonds is 7. The van der Waals surface area contributed by atoms with Gasteiger partial charge in [0, 0.05) is 55.6 Å². The average Bonchev–Trinajstić information content (AvgIpc) is 3.38. The first-order valence-corrected chi connectivity index (χ1v) is 9.14. The van der Waals surface area contributed by atoms with E-state index in [1.165, 1.54) is 0 Å². The molecule has 3 rings (SSSR count). The number of nitrogens with zero attached hydrogens (tertiary/aromatic N) is 3. The molecule has 1 fully saturated rings. The van der Waals surface area contributed by atoms with Crippen molar-refractivity contribution in [2.75, 3.05) is 38.8 Å². The van der Waals surface area contributed by atoms with Gasteiger partial charge >= 0.3 is 0 Å². The molecule has 28 heavy (non-hydrogen) atoms. The molecule has 2 heterocycles. The number of aromatic nitrogens is 1. The minimum absolute atomic E-state index is 0. The second-order valence-electron chi connectivity index (χ2n) is 6.33. The number of ether oxygens (including phenoxy) is 2. The van der Waals surface area contributed by atoms with Crippen LogP contribution in [0.1, 0.15) is 19.0 Å². The van der Waals surface area contributed by atoms with Gasteiger partial charge in [0.2, 0.25) is 0 Å². The van der Waals surface area contributed by atoms with Gasteiger partial charge in [-0.3, -0.25) is 0 Å². The molecule has 2 N–H and O–H groups in total. The van der Waals surface area contributed by atoms with Gasteiger partial charge in [-0.15, -0.1) is 24.0 Å². The fourth-order valence-corrected chi connectivity index (χ4v) is 3.08. The maximum Gasteiger partial charge on any atom is 0.191 e. The summed E-state index contributed by atoms with van der Waals surface area (Å²) in [6.07, 6.45) is 2.58. The van der Waals surface area contributed by atoms with Gasteiger partial charge in [-0.05, 0) is 13.3 Å². The van der Waals surface area contributed by atoms with E-state index in [4.69, 9.17) is 14.0 Å². The predicted octanol–water partition coefficient (Wildman–Crippen LogP) is 2.64. The molecule has 0 bridgehead atoms. The molecule has 1 aliphatic heterocycles. The van der Waals surface area contributed by atoms with Gasteiger partial charge in [0.05, 0.1) is 20.8 Å². The second kappa shape index (κ2) is 11.0. The lowest BCUT2D eigenvalue weighted by Crippen LogP contribution is -2.44. The van der Waals surface area contributed by atoms with E-state index in [2.05, 4.69) is 32.6 Å². The van der Waals surface area contributed by atoms with Crippen LogP contribution in [-0.2, 0) is 6.54 Å². The number of hydrogen-bond acceptors (Lipinski definition) is 6. The lowest BCUT2D eigenvalue weighted by Gasteiger charge is -2.21. The van der Waals surface area contributed by atoms with Crippen LogP contribution in [0.3, 0.4) is 0 Å². The van der Waals surface area contributed by atoms with Crippen LogP contribution >= 0.6 is 24.0 Å². The van der Waals surface area contributed by atoms with E-state index in [9.17, 15) is 0 Å². The van der Waals surface area contributed by atoms with Gasteiger partial charge in [-0.1, -0.05) is 5.16 Å². The van der Waals surface area contributed by atoms with Crippen molar-refractivity contribution in [3.05, 3.63) is 36.2 Å². The minimum Gasteiger partial charge on any atom is -0.497 e. The van der Waals surface area contributed by atoms with Crippen LogP contribution in [-0.4, -0.2) is 51.0 Å². The summed E-state index contributed by atoms with van der Waals surface area (Å²) in [5.41, 5.74) is 1.91. The molecule has 0 aliphatic carbocycles. The molecule has 1 unspecified atom stereocenters. The zero-order valence-corrected chi connectivity index (χ0v) is 18.8. The van der Waals surface area contributed by atoms with Gasteiger partial charge in [0.25, 0.3) is 0 Å². The number of hydrogen-bond donors (Lipinski definition) is 2. The fourth-order valence-electron chi connectivity index (χ4n) is 3.08. The van der Waals surface area contributed by atoms with Crippen LogP contribution in [0.15, 0.2) is 40.0 Å². The fraction of sp³-hybridized carbons (Fsp3) is 0.474. The van der Waals surface area contributed by atoms with Gasteiger partial charge in [0.15, 0.2) is 5.96 Å². The maximum absolute atomic E-state index is 5.38. The Morgan fingerprint density at radius 3 is 2.64 bits per heavy atom.